The predicted molar refractivity (Wildman–Crippen MR) is 34.4 cm³/mol. The van der Waals surface area contributed by atoms with Crippen molar-refractivity contribution in [3.05, 3.63) is 12.3 Å². The number of thiol groups is 1. The van der Waals surface area contributed by atoms with Crippen LogP contribution in [0.5, 0.6) is 0 Å². The van der Waals surface area contributed by atoms with Crippen LogP contribution < -0.4 is 5.73 Å². The van der Waals surface area contributed by atoms with E-state index in [9.17, 15) is 0 Å². The van der Waals surface area contributed by atoms with E-state index in [-0.39, 0.29) is 12.4 Å². The maximum absolute atomic E-state index is 4.91. The minimum Gasteiger partial charge on any atom is -0.405 e. The Hall–Kier alpha value is 0.180. The lowest BCUT2D eigenvalue weighted by Gasteiger charge is -1.66. The summed E-state index contributed by atoms with van der Waals surface area (Å²) in [4.78, 5) is 0. The average Bonchev–Trinajstić information content (AvgIpc) is 1.41. The number of halogens is 1. The molecule has 0 aliphatic carbocycles. The highest BCUT2D eigenvalue weighted by Crippen LogP contribution is 1.68. The first-order valence-electron chi connectivity index (χ1n) is 1.39. The lowest BCUT2D eigenvalue weighted by atomic mass is 10.7. The summed E-state index contributed by atoms with van der Waals surface area (Å²) in [6, 6.07) is 0. The molecule has 0 saturated carbocycles. The zero-order valence-electron chi connectivity index (χ0n) is 3.29. The highest BCUT2D eigenvalue weighted by Gasteiger charge is 1.52. The van der Waals surface area contributed by atoms with Crippen LogP contribution in [0.2, 0.25) is 0 Å². The quantitative estimate of drug-likeness (QED) is 0.499. The van der Waals surface area contributed by atoms with E-state index in [1.54, 1.807) is 6.08 Å². The Kier molecular flexibility index (Phi) is 14.2. The summed E-state index contributed by atoms with van der Waals surface area (Å²) in [5.41, 5.74) is 4.91. The minimum atomic E-state index is 0. The summed E-state index contributed by atoms with van der Waals surface area (Å²) in [6.45, 7) is 0. The van der Waals surface area contributed by atoms with Gasteiger partial charge in [0, 0.05) is 5.75 Å². The van der Waals surface area contributed by atoms with Crippen LogP contribution in [0.3, 0.4) is 0 Å². The maximum Gasteiger partial charge on any atom is 0.00996 e. The first-order valence-corrected chi connectivity index (χ1v) is 2.02. The molecule has 0 heterocycles. The molecule has 38 valence electrons. The lowest BCUT2D eigenvalue weighted by molar-refractivity contribution is 1.56. The molecular formula is C3H8ClNS. The van der Waals surface area contributed by atoms with Gasteiger partial charge in [-0.15, -0.1) is 12.4 Å². The van der Waals surface area contributed by atoms with Crippen molar-refractivity contribution < 1.29 is 0 Å². The molecule has 0 fully saturated rings. The van der Waals surface area contributed by atoms with Gasteiger partial charge in [-0.2, -0.15) is 12.6 Å². The van der Waals surface area contributed by atoms with Crippen molar-refractivity contribution in [1.82, 2.24) is 0 Å². The second-order valence-electron chi connectivity index (χ2n) is 0.611. The van der Waals surface area contributed by atoms with Gasteiger partial charge in [-0.3, -0.25) is 0 Å². The smallest absolute Gasteiger partial charge is 0.00996 e. The van der Waals surface area contributed by atoms with E-state index in [2.05, 4.69) is 12.6 Å². The van der Waals surface area contributed by atoms with Crippen LogP contribution in [-0.2, 0) is 0 Å². The van der Waals surface area contributed by atoms with E-state index < -0.39 is 0 Å². The van der Waals surface area contributed by atoms with Crippen molar-refractivity contribution in [2.75, 3.05) is 5.75 Å². The highest BCUT2D eigenvalue weighted by atomic mass is 35.5. The summed E-state index contributed by atoms with van der Waals surface area (Å²) in [5, 5.41) is 0. The molecule has 1 nitrogen and oxygen atoms in total. The fraction of sp³-hybridized carbons (Fsp3) is 0.333. The van der Waals surface area contributed by atoms with Gasteiger partial charge >= 0.3 is 0 Å². The second-order valence-corrected chi connectivity index (χ2v) is 0.976. The lowest BCUT2D eigenvalue weighted by Crippen LogP contribution is -1.74. The Bertz CT molecular complexity index is 37.8. The van der Waals surface area contributed by atoms with E-state index in [0.717, 1.165) is 5.75 Å². The fourth-order valence-corrected chi connectivity index (χ4v) is 0.183. The summed E-state index contributed by atoms with van der Waals surface area (Å²) < 4.78 is 0. The van der Waals surface area contributed by atoms with Crippen molar-refractivity contribution in [1.29, 1.82) is 0 Å². The molecule has 0 saturated heterocycles. The van der Waals surface area contributed by atoms with Crippen molar-refractivity contribution in [3.8, 4) is 0 Å². The molecule has 6 heavy (non-hydrogen) atoms. The van der Waals surface area contributed by atoms with Crippen molar-refractivity contribution in [2.45, 2.75) is 0 Å². The Morgan fingerprint density at radius 1 is 1.67 bits per heavy atom. The largest absolute Gasteiger partial charge is 0.405 e. The normalized spacial score (nSPS) is 8.17. The van der Waals surface area contributed by atoms with Crippen LogP contribution >= 0.6 is 25.0 Å². The summed E-state index contributed by atoms with van der Waals surface area (Å²) >= 11 is 3.83. The fourth-order valence-electron chi connectivity index (χ4n) is 0.0609. The van der Waals surface area contributed by atoms with Crippen molar-refractivity contribution in [2.24, 2.45) is 5.73 Å². The molecule has 0 unspecified atom stereocenters. The van der Waals surface area contributed by atoms with E-state index in [1.807, 2.05) is 0 Å². The topological polar surface area (TPSA) is 26.0 Å². The van der Waals surface area contributed by atoms with E-state index in [1.165, 1.54) is 6.20 Å². The molecule has 0 aliphatic rings. The monoisotopic (exact) mass is 125 g/mol. The van der Waals surface area contributed by atoms with Gasteiger partial charge in [0.15, 0.2) is 0 Å². The van der Waals surface area contributed by atoms with Crippen LogP contribution in [0, 0.1) is 0 Å². The molecule has 0 rings (SSSR count). The molecule has 0 atom stereocenters. The van der Waals surface area contributed by atoms with E-state index in [0.29, 0.717) is 0 Å². The molecule has 0 aromatic heterocycles. The Morgan fingerprint density at radius 3 is 2.17 bits per heavy atom. The van der Waals surface area contributed by atoms with Gasteiger partial charge in [-0.1, -0.05) is 6.08 Å². The van der Waals surface area contributed by atoms with Gasteiger partial charge in [-0.25, -0.2) is 0 Å². The SMILES string of the molecule is Cl.NC=CCS. The predicted octanol–water partition coefficient (Wildman–Crippen LogP) is 0.810. The van der Waals surface area contributed by atoms with Crippen LogP contribution in [0.25, 0.3) is 0 Å². The molecule has 0 aromatic carbocycles. The number of rotatable bonds is 1. The zero-order chi connectivity index (χ0) is 4.12. The minimum absolute atomic E-state index is 0. The molecule has 0 bridgehead atoms. The molecule has 3 heteroatoms. The van der Waals surface area contributed by atoms with Gasteiger partial charge in [0.05, 0.1) is 0 Å². The third kappa shape index (κ3) is 8.89. The first kappa shape index (κ1) is 9.49. The van der Waals surface area contributed by atoms with Crippen LogP contribution in [0.1, 0.15) is 0 Å². The zero-order valence-corrected chi connectivity index (χ0v) is 5.01. The van der Waals surface area contributed by atoms with Crippen molar-refractivity contribution in [3.63, 3.8) is 0 Å². The second kappa shape index (κ2) is 8.95. The summed E-state index contributed by atoms with van der Waals surface area (Å²) in [6.07, 6.45) is 3.25. The number of hydrogen-bond acceptors (Lipinski definition) is 2. The Balaban J connectivity index is 0. The third-order valence-electron chi connectivity index (χ3n) is 0.241. The van der Waals surface area contributed by atoms with Crippen LogP contribution in [0.15, 0.2) is 12.3 Å². The highest BCUT2D eigenvalue weighted by molar-refractivity contribution is 7.80. The molecule has 2 N–H and O–H groups in total. The Labute approximate surface area is 49.4 Å². The summed E-state index contributed by atoms with van der Waals surface area (Å²) in [5.74, 6) is 0.733. The molecule has 0 aromatic rings. The van der Waals surface area contributed by atoms with E-state index in [4.69, 9.17) is 5.73 Å². The first-order chi connectivity index (χ1) is 2.41. The van der Waals surface area contributed by atoms with Gasteiger partial charge in [0.1, 0.15) is 0 Å². The van der Waals surface area contributed by atoms with Crippen LogP contribution in [0.4, 0.5) is 0 Å². The molecular weight excluding hydrogens is 118 g/mol. The van der Waals surface area contributed by atoms with Gasteiger partial charge in [0.2, 0.25) is 0 Å². The third-order valence-corrected chi connectivity index (χ3v) is 0.452. The number of nitrogens with two attached hydrogens (primary N) is 1. The average molecular weight is 126 g/mol. The maximum atomic E-state index is 4.91. The summed E-state index contributed by atoms with van der Waals surface area (Å²) in [7, 11) is 0. The standard InChI is InChI=1S/C3H7NS.ClH/c4-2-1-3-5;/h1-2,5H,3-4H2;1H. The van der Waals surface area contributed by atoms with Gasteiger partial charge < -0.3 is 5.73 Å². The van der Waals surface area contributed by atoms with Crippen molar-refractivity contribution >= 4 is 25.0 Å². The number of hydrogen-bond donors (Lipinski definition) is 2. The van der Waals surface area contributed by atoms with E-state index >= 15 is 0 Å². The van der Waals surface area contributed by atoms with Crippen LogP contribution in [-0.4, -0.2) is 5.75 Å². The molecule has 0 aliphatic heterocycles. The Morgan fingerprint density at radius 2 is 2.17 bits per heavy atom. The molecule has 0 radical (unpaired) electrons. The van der Waals surface area contributed by atoms with Gasteiger partial charge in [0.25, 0.3) is 0 Å². The molecule has 0 amide bonds. The molecule has 0 spiro atoms. The van der Waals surface area contributed by atoms with Gasteiger partial charge in [-0.05, 0) is 6.20 Å².